The van der Waals surface area contributed by atoms with E-state index in [1.165, 1.54) is 0 Å². The molecule has 0 N–H and O–H groups in total. The Morgan fingerprint density at radius 3 is 2.00 bits per heavy atom. The molecule has 0 saturated carbocycles. The number of nitrogens with zero attached hydrogens (tertiary/aromatic N) is 3. The van der Waals surface area contributed by atoms with Gasteiger partial charge in [0.1, 0.15) is 0 Å². The number of likely N-dealkylation sites (N-methyl/N-ethyl adjacent to an activating group) is 1. The number of amidine groups is 1. The first-order valence-corrected chi connectivity index (χ1v) is 12.4. The Bertz CT molecular complexity index is 1420. The van der Waals surface area contributed by atoms with E-state index in [0.29, 0.717) is 12.6 Å². The molecule has 1 amide bonds. The summed E-state index contributed by atoms with van der Waals surface area (Å²) in [5.74, 6) is 0.0764. The van der Waals surface area contributed by atoms with E-state index >= 15 is 0 Å². The Balaban J connectivity index is 1.44. The number of rotatable bonds is 6. The second kappa shape index (κ2) is 10.5. The van der Waals surface area contributed by atoms with Gasteiger partial charge in [-0.25, -0.2) is 0 Å². The number of carbonyl (C=O) groups is 1. The largest absolute Gasteiger partial charge is 0.419 e. The fourth-order valence-electron chi connectivity index (χ4n) is 4.29. The molecule has 0 bridgehead atoms. The fourth-order valence-corrected chi connectivity index (χ4v) is 4.29. The molecular formula is C32H29N3O2. The number of para-hydroxylation sites is 2. The van der Waals surface area contributed by atoms with Gasteiger partial charge in [-0.2, -0.15) is 4.99 Å². The number of carbonyl (C=O) groups excluding carboxylic acids is 1. The van der Waals surface area contributed by atoms with Gasteiger partial charge in [0.25, 0.3) is 5.91 Å². The number of hydrogen-bond acceptors (Lipinski definition) is 4. The molecular weight excluding hydrogens is 458 g/mol. The quantitative estimate of drug-likeness (QED) is 0.262. The Hall–Kier alpha value is -4.64. The highest BCUT2D eigenvalue weighted by molar-refractivity contribution is 6.11. The summed E-state index contributed by atoms with van der Waals surface area (Å²) < 4.78 is 5.97. The molecule has 0 spiro atoms. The minimum atomic E-state index is -0.189. The van der Waals surface area contributed by atoms with Crippen LogP contribution in [0.4, 0.5) is 22.7 Å². The first kappa shape index (κ1) is 24.1. The normalized spacial score (nSPS) is 15.3. The Labute approximate surface area is 218 Å². The van der Waals surface area contributed by atoms with Crippen molar-refractivity contribution in [2.45, 2.75) is 20.8 Å². The van der Waals surface area contributed by atoms with Crippen molar-refractivity contribution in [2.24, 2.45) is 4.99 Å². The molecule has 1 saturated heterocycles. The van der Waals surface area contributed by atoms with Crippen LogP contribution < -0.4 is 4.90 Å². The lowest BCUT2D eigenvalue weighted by Gasteiger charge is -2.25. The highest BCUT2D eigenvalue weighted by Gasteiger charge is 2.33. The van der Waals surface area contributed by atoms with Crippen LogP contribution >= 0.6 is 0 Å². The number of anilines is 3. The summed E-state index contributed by atoms with van der Waals surface area (Å²) in [6.45, 7) is 6.41. The van der Waals surface area contributed by atoms with E-state index < -0.39 is 0 Å². The van der Waals surface area contributed by atoms with Gasteiger partial charge in [0.15, 0.2) is 5.76 Å². The zero-order chi connectivity index (χ0) is 25.8. The second-order valence-corrected chi connectivity index (χ2v) is 8.94. The maximum absolute atomic E-state index is 13.1. The number of aryl methyl sites for hydroxylation is 2. The van der Waals surface area contributed by atoms with Gasteiger partial charge in [-0.15, -0.1) is 0 Å². The zero-order valence-electron chi connectivity index (χ0n) is 21.3. The lowest BCUT2D eigenvalue weighted by Crippen LogP contribution is -2.29. The predicted molar refractivity (Wildman–Crippen MR) is 151 cm³/mol. The molecule has 184 valence electrons. The third-order valence-corrected chi connectivity index (χ3v) is 6.26. The van der Waals surface area contributed by atoms with Crippen molar-refractivity contribution in [1.29, 1.82) is 0 Å². The molecule has 0 aromatic heterocycles. The van der Waals surface area contributed by atoms with Crippen molar-refractivity contribution in [3.8, 4) is 0 Å². The van der Waals surface area contributed by atoms with Gasteiger partial charge in [-0.1, -0.05) is 60.7 Å². The van der Waals surface area contributed by atoms with Crippen LogP contribution in [0.1, 0.15) is 23.6 Å². The molecule has 1 aliphatic heterocycles. The summed E-state index contributed by atoms with van der Waals surface area (Å²) in [5.41, 5.74) is 6.96. The SMILES string of the molecule is CCN1C(=O)/C(=C\c2ccc(N(c3ccccc3)c3ccccc3)cc2)OC1=Nc1cc(C)ccc1C. The van der Waals surface area contributed by atoms with Crippen LogP contribution in [0, 0.1) is 13.8 Å². The standard InChI is InChI=1S/C32H29N3O2/c1-4-34-31(36)30(37-32(34)33-29-21-23(2)15-16-24(29)3)22-25-17-19-28(20-18-25)35(26-11-7-5-8-12-26)27-13-9-6-10-14-27/h5-22H,4H2,1-3H3/b30-22+,33-32?. The lowest BCUT2D eigenvalue weighted by molar-refractivity contribution is -0.122. The molecule has 0 atom stereocenters. The van der Waals surface area contributed by atoms with Crippen molar-refractivity contribution < 1.29 is 9.53 Å². The summed E-state index contributed by atoms with van der Waals surface area (Å²) >= 11 is 0. The Morgan fingerprint density at radius 2 is 1.41 bits per heavy atom. The van der Waals surface area contributed by atoms with Gasteiger partial charge in [0, 0.05) is 23.6 Å². The van der Waals surface area contributed by atoms with Crippen molar-refractivity contribution in [3.05, 3.63) is 126 Å². The molecule has 5 rings (SSSR count). The average molecular weight is 488 g/mol. The summed E-state index contributed by atoms with van der Waals surface area (Å²) in [6, 6.07) is 35.0. The average Bonchev–Trinajstić information content (AvgIpc) is 3.22. The topological polar surface area (TPSA) is 45.1 Å². The molecule has 5 heteroatoms. The van der Waals surface area contributed by atoms with Gasteiger partial charge < -0.3 is 9.64 Å². The van der Waals surface area contributed by atoms with Crippen molar-refractivity contribution in [2.75, 3.05) is 11.4 Å². The van der Waals surface area contributed by atoms with E-state index in [-0.39, 0.29) is 11.7 Å². The molecule has 0 radical (unpaired) electrons. The van der Waals surface area contributed by atoms with E-state index in [9.17, 15) is 4.79 Å². The summed E-state index contributed by atoms with van der Waals surface area (Å²) in [4.78, 5) is 21.5. The number of aliphatic imine (C=N–C) groups is 1. The van der Waals surface area contributed by atoms with E-state index in [2.05, 4.69) is 46.3 Å². The molecule has 1 fully saturated rings. The van der Waals surface area contributed by atoms with Crippen molar-refractivity contribution >= 4 is 40.8 Å². The minimum Gasteiger partial charge on any atom is -0.419 e. The summed E-state index contributed by atoms with van der Waals surface area (Å²) in [5, 5.41) is 0. The molecule has 1 heterocycles. The Kier molecular flexibility index (Phi) is 6.86. The van der Waals surface area contributed by atoms with E-state index in [1.807, 2.05) is 87.5 Å². The second-order valence-electron chi connectivity index (χ2n) is 8.94. The van der Waals surface area contributed by atoms with Crippen molar-refractivity contribution in [3.63, 3.8) is 0 Å². The number of amides is 1. The van der Waals surface area contributed by atoms with Gasteiger partial charge in [-0.3, -0.25) is 9.69 Å². The van der Waals surface area contributed by atoms with E-state index in [4.69, 9.17) is 4.74 Å². The van der Waals surface area contributed by atoms with Crippen molar-refractivity contribution in [1.82, 2.24) is 4.90 Å². The number of hydrogen-bond donors (Lipinski definition) is 0. The fraction of sp³-hybridized carbons (Fsp3) is 0.125. The highest BCUT2D eigenvalue weighted by atomic mass is 16.5. The maximum Gasteiger partial charge on any atom is 0.305 e. The van der Waals surface area contributed by atoms with Crippen LogP contribution in [-0.2, 0) is 9.53 Å². The lowest BCUT2D eigenvalue weighted by atomic mass is 10.1. The number of ether oxygens (including phenoxy) is 1. The zero-order valence-corrected chi connectivity index (χ0v) is 21.3. The van der Waals surface area contributed by atoms with E-state index in [1.54, 1.807) is 11.0 Å². The monoisotopic (exact) mass is 487 g/mol. The minimum absolute atomic E-state index is 0.189. The number of benzene rings is 4. The maximum atomic E-state index is 13.1. The van der Waals surface area contributed by atoms with Crippen LogP contribution in [0.15, 0.2) is 114 Å². The van der Waals surface area contributed by atoms with Gasteiger partial charge in [0.05, 0.1) is 5.69 Å². The highest BCUT2D eigenvalue weighted by Crippen LogP contribution is 2.34. The van der Waals surface area contributed by atoms with E-state index in [0.717, 1.165) is 39.4 Å². The van der Waals surface area contributed by atoms with Crippen LogP contribution in [0.25, 0.3) is 6.08 Å². The molecule has 37 heavy (non-hydrogen) atoms. The third kappa shape index (κ3) is 5.16. The molecule has 0 aliphatic carbocycles. The molecule has 5 nitrogen and oxygen atoms in total. The van der Waals surface area contributed by atoms with Crippen LogP contribution in [0.5, 0.6) is 0 Å². The predicted octanol–water partition coefficient (Wildman–Crippen LogP) is 7.68. The van der Waals surface area contributed by atoms with Crippen LogP contribution in [-0.4, -0.2) is 23.4 Å². The Morgan fingerprint density at radius 1 is 0.811 bits per heavy atom. The third-order valence-electron chi connectivity index (χ3n) is 6.26. The van der Waals surface area contributed by atoms with Crippen LogP contribution in [0.3, 0.4) is 0 Å². The summed E-state index contributed by atoms with van der Waals surface area (Å²) in [7, 11) is 0. The first-order valence-electron chi connectivity index (χ1n) is 12.4. The van der Waals surface area contributed by atoms with Crippen LogP contribution in [0.2, 0.25) is 0 Å². The van der Waals surface area contributed by atoms with Gasteiger partial charge in [0.2, 0.25) is 0 Å². The first-order chi connectivity index (χ1) is 18.0. The smallest absolute Gasteiger partial charge is 0.305 e. The molecule has 1 aliphatic rings. The van der Waals surface area contributed by atoms with Gasteiger partial charge in [-0.05, 0) is 86.0 Å². The molecule has 4 aromatic rings. The molecule has 0 unspecified atom stereocenters. The molecule has 4 aromatic carbocycles. The van der Waals surface area contributed by atoms with Gasteiger partial charge >= 0.3 is 6.02 Å². The summed E-state index contributed by atoms with van der Waals surface area (Å²) in [6.07, 6.45) is 1.77.